The van der Waals surface area contributed by atoms with E-state index < -0.39 is 0 Å². The first-order valence-electron chi connectivity index (χ1n) is 4.54. The Labute approximate surface area is 95.7 Å². The highest BCUT2D eigenvalue weighted by atomic mass is 79.9. The second kappa shape index (κ2) is 4.55. The van der Waals surface area contributed by atoms with Crippen LogP contribution in [0.15, 0.2) is 34.9 Å². The summed E-state index contributed by atoms with van der Waals surface area (Å²) in [4.78, 5) is 0. The molecule has 0 amide bonds. The predicted octanol–water partition coefficient (Wildman–Crippen LogP) is 1.58. The number of benzene rings is 1. The van der Waals surface area contributed by atoms with Crippen molar-refractivity contribution in [3.05, 3.63) is 46.2 Å². The zero-order chi connectivity index (χ0) is 10.7. The molecular formula is C10H10BrN3O. The minimum atomic E-state index is -0.102. The third-order valence-electron chi connectivity index (χ3n) is 2.06. The van der Waals surface area contributed by atoms with E-state index in [9.17, 15) is 0 Å². The highest BCUT2D eigenvalue weighted by Crippen LogP contribution is 2.15. The number of aromatic nitrogens is 3. The molecule has 0 aliphatic carbocycles. The summed E-state index contributed by atoms with van der Waals surface area (Å²) in [6.07, 6.45) is 0. The molecule has 5 heteroatoms. The Kier molecular flexibility index (Phi) is 3.13. The van der Waals surface area contributed by atoms with Crippen LogP contribution in [0.2, 0.25) is 0 Å². The van der Waals surface area contributed by atoms with Gasteiger partial charge in [-0.2, -0.15) is 0 Å². The summed E-state index contributed by atoms with van der Waals surface area (Å²) < 4.78 is 2.44. The molecule has 1 aromatic heterocycles. The van der Waals surface area contributed by atoms with Crippen LogP contribution in [0.25, 0.3) is 0 Å². The number of halogens is 1. The van der Waals surface area contributed by atoms with E-state index in [1.54, 1.807) is 4.68 Å². The summed E-state index contributed by atoms with van der Waals surface area (Å²) >= 11 is 3.35. The lowest BCUT2D eigenvalue weighted by Crippen LogP contribution is -2.02. The summed E-state index contributed by atoms with van der Waals surface area (Å²) in [5.41, 5.74) is 1.71. The number of aliphatic hydroxyl groups is 1. The minimum absolute atomic E-state index is 0.102. The number of hydrogen-bond donors (Lipinski definition) is 1. The van der Waals surface area contributed by atoms with E-state index in [0.29, 0.717) is 12.2 Å². The van der Waals surface area contributed by atoms with Crippen molar-refractivity contribution in [3.63, 3.8) is 0 Å². The number of nitrogens with zero attached hydrogens (tertiary/aromatic N) is 3. The van der Waals surface area contributed by atoms with Gasteiger partial charge in [-0.25, -0.2) is 4.68 Å². The Balaban J connectivity index is 2.21. The van der Waals surface area contributed by atoms with Gasteiger partial charge in [-0.3, -0.25) is 0 Å². The van der Waals surface area contributed by atoms with Gasteiger partial charge in [0, 0.05) is 0 Å². The Bertz CT molecular complexity index is 441. The summed E-state index contributed by atoms with van der Waals surface area (Å²) in [7, 11) is 0. The lowest BCUT2D eigenvalue weighted by molar-refractivity contribution is 0.276. The standard InChI is InChI=1S/C10H10BrN3O/c11-10-9(7-15)12-13-14(10)6-8-4-2-1-3-5-8/h1-5,15H,6-7H2. The van der Waals surface area contributed by atoms with Crippen molar-refractivity contribution in [2.45, 2.75) is 13.2 Å². The number of rotatable bonds is 3. The van der Waals surface area contributed by atoms with Gasteiger partial charge in [0.1, 0.15) is 10.3 Å². The fourth-order valence-electron chi connectivity index (χ4n) is 1.29. The summed E-state index contributed by atoms with van der Waals surface area (Å²) in [6.45, 7) is 0.545. The Morgan fingerprint density at radius 1 is 1.27 bits per heavy atom. The van der Waals surface area contributed by atoms with Crippen LogP contribution < -0.4 is 0 Å². The molecule has 0 atom stereocenters. The van der Waals surface area contributed by atoms with E-state index in [1.165, 1.54) is 0 Å². The van der Waals surface area contributed by atoms with Gasteiger partial charge in [0.05, 0.1) is 13.2 Å². The van der Waals surface area contributed by atoms with E-state index in [-0.39, 0.29) is 6.61 Å². The van der Waals surface area contributed by atoms with E-state index in [1.807, 2.05) is 30.3 Å². The molecule has 0 aliphatic heterocycles. The Morgan fingerprint density at radius 3 is 2.60 bits per heavy atom. The molecule has 0 unspecified atom stereocenters. The molecule has 78 valence electrons. The topological polar surface area (TPSA) is 50.9 Å². The molecule has 0 spiro atoms. The second-order valence-corrected chi connectivity index (χ2v) is 3.88. The fourth-order valence-corrected chi connectivity index (χ4v) is 1.69. The van der Waals surface area contributed by atoms with Gasteiger partial charge >= 0.3 is 0 Å². The Hall–Kier alpha value is -1.20. The van der Waals surface area contributed by atoms with Crippen LogP contribution in [0.4, 0.5) is 0 Å². The Morgan fingerprint density at radius 2 is 2.00 bits per heavy atom. The highest BCUT2D eigenvalue weighted by Gasteiger charge is 2.08. The fraction of sp³-hybridized carbons (Fsp3) is 0.200. The average molecular weight is 268 g/mol. The van der Waals surface area contributed by atoms with E-state index in [0.717, 1.165) is 10.2 Å². The molecule has 0 radical (unpaired) electrons. The van der Waals surface area contributed by atoms with Gasteiger partial charge in [0.25, 0.3) is 0 Å². The van der Waals surface area contributed by atoms with Crippen LogP contribution in [-0.2, 0) is 13.2 Å². The normalized spacial score (nSPS) is 10.5. The first-order valence-corrected chi connectivity index (χ1v) is 5.33. The summed E-state index contributed by atoms with van der Waals surface area (Å²) in [6, 6.07) is 9.97. The van der Waals surface area contributed by atoms with Crippen LogP contribution in [0.3, 0.4) is 0 Å². The van der Waals surface area contributed by atoms with Crippen molar-refractivity contribution < 1.29 is 5.11 Å². The predicted molar refractivity (Wildman–Crippen MR) is 59.2 cm³/mol. The molecule has 0 bridgehead atoms. The molecular weight excluding hydrogens is 258 g/mol. The van der Waals surface area contributed by atoms with Gasteiger partial charge in [-0.15, -0.1) is 5.10 Å². The molecule has 1 aromatic carbocycles. The van der Waals surface area contributed by atoms with E-state index in [4.69, 9.17) is 5.11 Å². The van der Waals surface area contributed by atoms with Crippen LogP contribution in [-0.4, -0.2) is 20.1 Å². The van der Waals surface area contributed by atoms with Crippen LogP contribution in [0.1, 0.15) is 11.3 Å². The number of aliphatic hydroxyl groups excluding tert-OH is 1. The lowest BCUT2D eigenvalue weighted by Gasteiger charge is -2.01. The quantitative estimate of drug-likeness (QED) is 0.919. The van der Waals surface area contributed by atoms with Gasteiger partial charge in [-0.1, -0.05) is 35.5 Å². The van der Waals surface area contributed by atoms with E-state index in [2.05, 4.69) is 26.2 Å². The summed E-state index contributed by atoms with van der Waals surface area (Å²) in [5, 5.41) is 16.7. The lowest BCUT2D eigenvalue weighted by atomic mass is 10.2. The minimum Gasteiger partial charge on any atom is -0.390 e. The van der Waals surface area contributed by atoms with Crippen molar-refractivity contribution in [2.75, 3.05) is 0 Å². The highest BCUT2D eigenvalue weighted by molar-refractivity contribution is 9.10. The molecule has 1 heterocycles. The molecule has 2 rings (SSSR count). The molecule has 2 aromatic rings. The summed E-state index contributed by atoms with van der Waals surface area (Å²) in [5.74, 6) is 0. The SMILES string of the molecule is OCc1nnn(Cc2ccccc2)c1Br. The van der Waals surface area contributed by atoms with Crippen molar-refractivity contribution in [3.8, 4) is 0 Å². The molecule has 0 aliphatic rings. The molecule has 0 saturated carbocycles. The monoisotopic (exact) mass is 267 g/mol. The van der Waals surface area contributed by atoms with Gasteiger partial charge < -0.3 is 5.11 Å². The largest absolute Gasteiger partial charge is 0.390 e. The van der Waals surface area contributed by atoms with E-state index >= 15 is 0 Å². The van der Waals surface area contributed by atoms with Crippen LogP contribution in [0, 0.1) is 0 Å². The third-order valence-corrected chi connectivity index (χ3v) is 2.93. The molecule has 4 nitrogen and oxygen atoms in total. The van der Waals surface area contributed by atoms with Crippen LogP contribution >= 0.6 is 15.9 Å². The molecule has 0 saturated heterocycles. The molecule has 15 heavy (non-hydrogen) atoms. The first-order chi connectivity index (χ1) is 7.31. The smallest absolute Gasteiger partial charge is 0.130 e. The molecule has 1 N–H and O–H groups in total. The average Bonchev–Trinajstić information content (AvgIpc) is 2.62. The van der Waals surface area contributed by atoms with Gasteiger partial charge in [-0.05, 0) is 21.5 Å². The van der Waals surface area contributed by atoms with Crippen molar-refractivity contribution in [2.24, 2.45) is 0 Å². The number of hydrogen-bond acceptors (Lipinski definition) is 3. The third kappa shape index (κ3) is 2.24. The zero-order valence-electron chi connectivity index (χ0n) is 7.97. The first kappa shape index (κ1) is 10.3. The van der Waals surface area contributed by atoms with Gasteiger partial charge in [0.2, 0.25) is 0 Å². The maximum atomic E-state index is 8.95. The van der Waals surface area contributed by atoms with Crippen molar-refractivity contribution in [1.82, 2.24) is 15.0 Å². The maximum Gasteiger partial charge on any atom is 0.130 e. The maximum absolute atomic E-state index is 8.95. The van der Waals surface area contributed by atoms with Crippen molar-refractivity contribution in [1.29, 1.82) is 0 Å². The van der Waals surface area contributed by atoms with Crippen LogP contribution in [0.5, 0.6) is 0 Å². The molecule has 0 fully saturated rings. The second-order valence-electron chi connectivity index (χ2n) is 3.13. The zero-order valence-corrected chi connectivity index (χ0v) is 9.55. The van der Waals surface area contributed by atoms with Gasteiger partial charge in [0.15, 0.2) is 0 Å². The van der Waals surface area contributed by atoms with Crippen molar-refractivity contribution >= 4 is 15.9 Å².